The normalized spacial score (nSPS) is 20.8. The molecule has 0 saturated carbocycles. The summed E-state index contributed by atoms with van der Waals surface area (Å²) in [4.78, 5) is 38.8. The molecular formula is C18H23N3O4. The van der Waals surface area contributed by atoms with Crippen LogP contribution in [0.4, 0.5) is 10.5 Å². The molecule has 2 heterocycles. The van der Waals surface area contributed by atoms with Crippen molar-refractivity contribution in [3.05, 3.63) is 29.8 Å². The van der Waals surface area contributed by atoms with Crippen molar-refractivity contribution in [3.8, 4) is 0 Å². The summed E-state index contributed by atoms with van der Waals surface area (Å²) in [5.74, 6) is -0.352. The van der Waals surface area contributed by atoms with Crippen molar-refractivity contribution in [1.82, 2.24) is 10.2 Å². The fraction of sp³-hybridized carbons (Fsp3) is 0.500. The summed E-state index contributed by atoms with van der Waals surface area (Å²) in [7, 11) is 0. The number of hydrogen-bond donors (Lipinski definition) is 1. The van der Waals surface area contributed by atoms with Gasteiger partial charge in [0.1, 0.15) is 6.54 Å². The second-order valence-electron chi connectivity index (χ2n) is 6.37. The van der Waals surface area contributed by atoms with E-state index >= 15 is 0 Å². The van der Waals surface area contributed by atoms with E-state index in [-0.39, 0.29) is 24.5 Å². The average molecular weight is 345 g/mol. The minimum atomic E-state index is -0.434. The van der Waals surface area contributed by atoms with Gasteiger partial charge in [-0.15, -0.1) is 0 Å². The molecule has 0 aliphatic carbocycles. The second kappa shape index (κ2) is 7.65. The summed E-state index contributed by atoms with van der Waals surface area (Å²) in [6.45, 7) is 4.15. The van der Waals surface area contributed by atoms with Crippen molar-refractivity contribution in [1.29, 1.82) is 0 Å². The molecule has 134 valence electrons. The summed E-state index contributed by atoms with van der Waals surface area (Å²) < 4.78 is 5.78. The number of nitrogens with one attached hydrogen (secondary N) is 1. The molecule has 1 aromatic carbocycles. The molecule has 0 unspecified atom stereocenters. The number of anilines is 1. The first-order valence-corrected chi connectivity index (χ1v) is 8.70. The topological polar surface area (TPSA) is 79.0 Å². The summed E-state index contributed by atoms with van der Waals surface area (Å²) >= 11 is 0. The Morgan fingerprint density at radius 1 is 1.28 bits per heavy atom. The number of rotatable bonds is 5. The number of piperidine rings is 1. The Balaban J connectivity index is 1.64. The molecule has 0 bridgehead atoms. The molecule has 4 amide bonds. The maximum Gasteiger partial charge on any atom is 0.329 e. The number of likely N-dealkylation sites (tertiary alicyclic amines) is 1. The summed E-state index contributed by atoms with van der Waals surface area (Å²) in [5, 5.41) is 2.23. The Kier molecular flexibility index (Phi) is 5.33. The molecule has 25 heavy (non-hydrogen) atoms. The highest BCUT2D eigenvalue weighted by Gasteiger charge is 2.28. The molecule has 1 aromatic rings. The number of carbonyl (C=O) groups excluding carboxylic acids is 3. The van der Waals surface area contributed by atoms with Crippen LogP contribution in [0.15, 0.2) is 24.3 Å². The van der Waals surface area contributed by atoms with Gasteiger partial charge in [-0.25, -0.2) is 4.79 Å². The van der Waals surface area contributed by atoms with Gasteiger partial charge in [0.25, 0.3) is 5.91 Å². The fourth-order valence-corrected chi connectivity index (χ4v) is 3.16. The van der Waals surface area contributed by atoms with E-state index in [0.29, 0.717) is 17.8 Å². The van der Waals surface area contributed by atoms with Crippen molar-refractivity contribution < 1.29 is 19.1 Å². The lowest BCUT2D eigenvalue weighted by atomic mass is 10.1. The van der Waals surface area contributed by atoms with E-state index in [0.717, 1.165) is 32.4 Å². The van der Waals surface area contributed by atoms with Crippen LogP contribution in [0, 0.1) is 0 Å². The monoisotopic (exact) mass is 345 g/mol. The molecule has 7 heteroatoms. The zero-order valence-corrected chi connectivity index (χ0v) is 14.4. The van der Waals surface area contributed by atoms with Crippen molar-refractivity contribution in [2.75, 3.05) is 31.1 Å². The number of nitrogens with zero attached hydrogens (tertiary/aromatic N) is 2. The van der Waals surface area contributed by atoms with Crippen LogP contribution in [0.5, 0.6) is 0 Å². The van der Waals surface area contributed by atoms with E-state index in [2.05, 4.69) is 12.2 Å². The predicted molar refractivity (Wildman–Crippen MR) is 92.5 cm³/mol. The number of amides is 4. The molecular weight excluding hydrogens is 322 g/mol. The van der Waals surface area contributed by atoms with Gasteiger partial charge in [0, 0.05) is 30.9 Å². The van der Waals surface area contributed by atoms with Crippen molar-refractivity contribution in [2.45, 2.75) is 32.3 Å². The molecule has 0 radical (unpaired) electrons. The van der Waals surface area contributed by atoms with Crippen molar-refractivity contribution >= 4 is 23.5 Å². The number of imide groups is 1. The summed E-state index contributed by atoms with van der Waals surface area (Å²) in [6, 6.07) is 6.35. The van der Waals surface area contributed by atoms with E-state index in [4.69, 9.17) is 4.74 Å². The second-order valence-corrected chi connectivity index (χ2v) is 6.37. The lowest BCUT2D eigenvalue weighted by Crippen LogP contribution is -2.43. The minimum absolute atomic E-state index is 0.00863. The number of urea groups is 1. The number of ether oxygens (including phenoxy) is 1. The Bertz CT molecular complexity index is 659. The first-order valence-electron chi connectivity index (χ1n) is 8.70. The maximum absolute atomic E-state index is 12.7. The van der Waals surface area contributed by atoms with Gasteiger partial charge in [-0.05, 0) is 43.5 Å². The third-order valence-electron chi connectivity index (χ3n) is 4.44. The number of benzene rings is 1. The minimum Gasteiger partial charge on any atom is -0.376 e. The average Bonchev–Trinajstić information content (AvgIpc) is 2.98. The van der Waals surface area contributed by atoms with Crippen LogP contribution in [0.1, 0.15) is 36.5 Å². The smallest absolute Gasteiger partial charge is 0.329 e. The predicted octanol–water partition coefficient (Wildman–Crippen LogP) is 1.77. The van der Waals surface area contributed by atoms with E-state index in [1.807, 2.05) is 4.90 Å². The quantitative estimate of drug-likeness (QED) is 0.825. The maximum atomic E-state index is 12.7. The van der Waals surface area contributed by atoms with Gasteiger partial charge in [-0.1, -0.05) is 6.92 Å². The molecule has 1 N–H and O–H groups in total. The van der Waals surface area contributed by atoms with Gasteiger partial charge in [0.05, 0.1) is 6.10 Å². The highest BCUT2D eigenvalue weighted by atomic mass is 16.5. The zero-order chi connectivity index (χ0) is 17.8. The lowest BCUT2D eigenvalue weighted by molar-refractivity contribution is -0.117. The van der Waals surface area contributed by atoms with Crippen LogP contribution in [-0.4, -0.2) is 55.1 Å². The van der Waals surface area contributed by atoms with Crippen LogP contribution in [-0.2, 0) is 9.53 Å². The summed E-state index contributed by atoms with van der Waals surface area (Å²) in [6.07, 6.45) is 3.00. The molecule has 0 spiro atoms. The molecule has 2 fully saturated rings. The third-order valence-corrected chi connectivity index (χ3v) is 4.44. The van der Waals surface area contributed by atoms with Crippen LogP contribution in [0.25, 0.3) is 0 Å². The highest BCUT2D eigenvalue weighted by Crippen LogP contribution is 2.20. The molecule has 7 nitrogen and oxygen atoms in total. The highest BCUT2D eigenvalue weighted by molar-refractivity contribution is 6.12. The van der Waals surface area contributed by atoms with Gasteiger partial charge in [0.15, 0.2) is 0 Å². The molecule has 2 aliphatic rings. The summed E-state index contributed by atoms with van der Waals surface area (Å²) in [5.41, 5.74) is 1.17. The lowest BCUT2D eigenvalue weighted by Gasteiger charge is -2.32. The van der Waals surface area contributed by atoms with E-state index in [1.54, 1.807) is 24.3 Å². The number of hydrogen-bond acceptors (Lipinski definition) is 4. The molecule has 1 atom stereocenters. The first-order chi connectivity index (χ1) is 12.1. The van der Waals surface area contributed by atoms with Crippen molar-refractivity contribution in [3.63, 3.8) is 0 Å². The van der Waals surface area contributed by atoms with Gasteiger partial charge >= 0.3 is 6.03 Å². The van der Waals surface area contributed by atoms with Crippen LogP contribution in [0.3, 0.4) is 0 Å². The van der Waals surface area contributed by atoms with E-state index in [9.17, 15) is 14.4 Å². The Labute approximate surface area is 146 Å². The van der Waals surface area contributed by atoms with Gasteiger partial charge in [0.2, 0.25) is 5.91 Å². The van der Waals surface area contributed by atoms with Gasteiger partial charge in [-0.3, -0.25) is 19.8 Å². The third kappa shape index (κ3) is 3.99. The molecule has 2 saturated heterocycles. The largest absolute Gasteiger partial charge is 0.376 e. The first kappa shape index (κ1) is 17.4. The van der Waals surface area contributed by atoms with Crippen LogP contribution >= 0.6 is 0 Å². The molecule has 0 aromatic heterocycles. The van der Waals surface area contributed by atoms with E-state index in [1.165, 1.54) is 4.90 Å². The zero-order valence-electron chi connectivity index (χ0n) is 14.4. The van der Waals surface area contributed by atoms with Crippen molar-refractivity contribution in [2.24, 2.45) is 0 Å². The SMILES string of the molecule is CCCO[C@@H]1CCCN(C(=O)c2ccc(N3CC(=O)NC3=O)cc2)C1. The number of carbonyl (C=O) groups is 3. The molecule has 3 rings (SSSR count). The van der Waals surface area contributed by atoms with Crippen LogP contribution < -0.4 is 10.2 Å². The Morgan fingerprint density at radius 3 is 2.68 bits per heavy atom. The van der Waals surface area contributed by atoms with Gasteiger partial charge < -0.3 is 9.64 Å². The standard InChI is InChI=1S/C18H23N3O4/c1-2-10-25-15-4-3-9-20(11-15)17(23)13-5-7-14(8-6-13)21-12-16(22)19-18(21)24/h5-8,15H,2-4,9-12H2,1H3,(H,19,22,24)/t15-/m1/s1. The molecule has 2 aliphatic heterocycles. The van der Waals surface area contributed by atoms with Gasteiger partial charge in [-0.2, -0.15) is 0 Å². The van der Waals surface area contributed by atoms with Crippen LogP contribution in [0.2, 0.25) is 0 Å². The Hall–Kier alpha value is -2.41. The van der Waals surface area contributed by atoms with E-state index < -0.39 is 6.03 Å². The Morgan fingerprint density at radius 2 is 2.04 bits per heavy atom. The fourth-order valence-electron chi connectivity index (χ4n) is 3.16.